The molecule has 2 aliphatic rings. The van der Waals surface area contributed by atoms with Gasteiger partial charge in [0.2, 0.25) is 11.8 Å². The van der Waals surface area contributed by atoms with Crippen molar-refractivity contribution in [2.45, 2.75) is 83.3 Å². The first kappa shape index (κ1) is 43.6. The van der Waals surface area contributed by atoms with Crippen molar-refractivity contribution in [2.24, 2.45) is 5.92 Å². The third kappa shape index (κ3) is 15.6. The molecular weight excluding hydrogens is 703 g/mol. The number of aliphatic hydroxyl groups is 2. The molecule has 0 radical (unpaired) electrons. The number of nitrogens with zero attached hydrogens (tertiary/aromatic N) is 3. The SMILES string of the molecule is CC(C)(C)NC(=O)[C@@H]1CN(Cc2cccnc2)CCN1C[C@@H](O)C[C@@H](Cc1ccccc1)C(=O)N[C@H]1c2ccccc2C[C@H]1O.CC[O-].O=S(=O)(O)O. The summed E-state index contributed by atoms with van der Waals surface area (Å²) >= 11 is 0. The fraction of sp³-hybridized carbons (Fsp3) is 0.500. The Morgan fingerprint density at radius 3 is 2.25 bits per heavy atom. The molecule has 2 aromatic carbocycles. The van der Waals surface area contributed by atoms with Crippen LogP contribution in [-0.2, 0) is 39.4 Å². The lowest BCUT2D eigenvalue weighted by atomic mass is 9.91. The molecule has 6 N–H and O–H groups in total. The van der Waals surface area contributed by atoms with E-state index in [0.29, 0.717) is 32.5 Å². The molecule has 0 spiro atoms. The van der Waals surface area contributed by atoms with Crippen LogP contribution in [0.4, 0.5) is 0 Å². The number of fused-ring (bicyclic) bond motifs is 1. The van der Waals surface area contributed by atoms with Gasteiger partial charge < -0.3 is 26.0 Å². The van der Waals surface area contributed by atoms with Crippen LogP contribution < -0.4 is 15.7 Å². The van der Waals surface area contributed by atoms with Crippen molar-refractivity contribution in [1.82, 2.24) is 25.4 Å². The fourth-order valence-electron chi connectivity index (χ4n) is 6.56. The monoisotopic (exact) mass is 756 g/mol. The molecule has 0 unspecified atom stereocenters. The molecule has 15 heteroatoms. The number of hydrogen-bond donors (Lipinski definition) is 6. The molecule has 2 amide bonds. The highest BCUT2D eigenvalue weighted by Crippen LogP contribution is 2.32. The summed E-state index contributed by atoms with van der Waals surface area (Å²) in [7, 11) is -4.67. The number of amides is 2. The van der Waals surface area contributed by atoms with E-state index in [9.17, 15) is 19.8 Å². The first-order valence-electron chi connectivity index (χ1n) is 17.7. The van der Waals surface area contributed by atoms with Gasteiger partial charge in [0, 0.05) is 63.0 Å². The number of pyridine rings is 1. The van der Waals surface area contributed by atoms with Gasteiger partial charge in [0.1, 0.15) is 6.04 Å². The molecule has 1 aliphatic heterocycles. The lowest BCUT2D eigenvalue weighted by Crippen LogP contribution is -2.61. The number of rotatable bonds is 11. The summed E-state index contributed by atoms with van der Waals surface area (Å²) in [6, 6.07) is 20.6. The summed E-state index contributed by atoms with van der Waals surface area (Å²) in [5.74, 6) is -0.781. The molecule has 1 aliphatic carbocycles. The van der Waals surface area contributed by atoms with E-state index in [1.165, 1.54) is 0 Å². The molecule has 1 aromatic heterocycles. The summed E-state index contributed by atoms with van der Waals surface area (Å²) in [4.78, 5) is 35.9. The van der Waals surface area contributed by atoms with Crippen molar-refractivity contribution in [1.29, 1.82) is 0 Å². The van der Waals surface area contributed by atoms with Gasteiger partial charge in [-0.15, -0.1) is 6.61 Å². The summed E-state index contributed by atoms with van der Waals surface area (Å²) in [5, 5.41) is 37.4. The highest BCUT2D eigenvalue weighted by Gasteiger charge is 2.37. The van der Waals surface area contributed by atoms with Gasteiger partial charge in [-0.05, 0) is 61.9 Å². The van der Waals surface area contributed by atoms with E-state index < -0.39 is 46.1 Å². The molecule has 3 aromatic rings. The third-order valence-electron chi connectivity index (χ3n) is 8.70. The number of piperazine rings is 1. The van der Waals surface area contributed by atoms with Gasteiger partial charge in [-0.3, -0.25) is 33.5 Å². The Morgan fingerprint density at radius 1 is 1.00 bits per heavy atom. The zero-order valence-electron chi connectivity index (χ0n) is 30.8. The standard InChI is InChI=1S/C36H47N5O4.C2H5O.H2O4S/c1-36(2,3)39-35(45)31-24-40(22-26-12-9-15-37-21-26)16-17-41(31)23-29(42)19-28(18-25-10-5-4-6-11-25)34(44)38-33-30-14-8-7-13-27(30)20-32(33)43;1-2-3;1-5(2,3)4/h4-15,21,28-29,31-33,42-43H,16-20,22-24H2,1-3H3,(H,38,44)(H,39,45);2H2,1H3;(H2,1,2,3,4)/q;-1;/t28-,29+,31+,32-,33+;;/m1../s1. The summed E-state index contributed by atoms with van der Waals surface area (Å²) in [6.07, 6.45) is 3.26. The number of nitrogens with one attached hydrogen (secondary N) is 2. The van der Waals surface area contributed by atoms with Crippen molar-refractivity contribution in [2.75, 3.05) is 32.8 Å². The maximum Gasteiger partial charge on any atom is 0.394 e. The van der Waals surface area contributed by atoms with Crippen LogP contribution in [0.3, 0.4) is 0 Å². The number of aromatic nitrogens is 1. The van der Waals surface area contributed by atoms with Gasteiger partial charge in [0.15, 0.2) is 0 Å². The molecule has 14 nitrogen and oxygen atoms in total. The fourth-order valence-corrected chi connectivity index (χ4v) is 6.56. The van der Waals surface area contributed by atoms with Crippen LogP contribution in [0.1, 0.15) is 62.4 Å². The molecule has 0 saturated carbocycles. The molecular formula is C38H54N5O9S-. The van der Waals surface area contributed by atoms with Crippen LogP contribution in [0.25, 0.3) is 0 Å². The van der Waals surface area contributed by atoms with Crippen LogP contribution in [0, 0.1) is 5.92 Å². The number of aliphatic hydroxyl groups excluding tert-OH is 2. The first-order valence-corrected chi connectivity index (χ1v) is 19.1. The lowest BCUT2D eigenvalue weighted by molar-refractivity contribution is -0.361. The van der Waals surface area contributed by atoms with E-state index in [1.807, 2.05) is 93.7 Å². The third-order valence-corrected chi connectivity index (χ3v) is 8.70. The van der Waals surface area contributed by atoms with Crippen LogP contribution in [0.15, 0.2) is 79.1 Å². The van der Waals surface area contributed by atoms with Crippen molar-refractivity contribution >= 4 is 22.2 Å². The molecule has 292 valence electrons. The smallest absolute Gasteiger partial charge is 0.394 e. The van der Waals surface area contributed by atoms with Crippen LogP contribution in [0.2, 0.25) is 0 Å². The second kappa shape index (κ2) is 20.6. The second-order valence-corrected chi connectivity index (χ2v) is 15.2. The minimum absolute atomic E-state index is 0. The van der Waals surface area contributed by atoms with Gasteiger partial charge in [-0.2, -0.15) is 8.42 Å². The predicted octanol–water partition coefficient (Wildman–Crippen LogP) is 1.58. The zero-order valence-corrected chi connectivity index (χ0v) is 31.7. The van der Waals surface area contributed by atoms with Crippen LogP contribution in [0.5, 0.6) is 0 Å². The minimum Gasteiger partial charge on any atom is -0.855 e. The maximum atomic E-state index is 13.8. The molecule has 5 atom stereocenters. The average molecular weight is 757 g/mol. The lowest BCUT2D eigenvalue weighted by Gasteiger charge is -2.42. The van der Waals surface area contributed by atoms with Crippen LogP contribution >= 0.6 is 0 Å². The van der Waals surface area contributed by atoms with Crippen molar-refractivity contribution in [3.8, 4) is 0 Å². The molecule has 5 rings (SSSR count). The molecule has 1 saturated heterocycles. The van der Waals surface area contributed by atoms with Gasteiger partial charge in [-0.25, -0.2) is 0 Å². The van der Waals surface area contributed by atoms with Gasteiger partial charge in [0.25, 0.3) is 0 Å². The van der Waals surface area contributed by atoms with Gasteiger partial charge in [-0.1, -0.05) is 67.6 Å². The quantitative estimate of drug-likeness (QED) is 0.154. The number of benzene rings is 2. The van der Waals surface area contributed by atoms with E-state index in [4.69, 9.17) is 22.6 Å². The number of carbonyl (C=O) groups excluding carboxylic acids is 2. The van der Waals surface area contributed by atoms with Gasteiger partial charge >= 0.3 is 10.4 Å². The van der Waals surface area contributed by atoms with E-state index in [-0.39, 0.29) is 31.4 Å². The topological polar surface area (TPSA) is 216 Å². The number of hydrogen-bond acceptors (Lipinski definition) is 10. The Kier molecular flexibility index (Phi) is 16.9. The van der Waals surface area contributed by atoms with E-state index in [1.54, 1.807) is 13.1 Å². The Bertz CT molecular complexity index is 1670. The normalized spacial score (nSPS) is 20.1. The second-order valence-electron chi connectivity index (χ2n) is 14.3. The minimum atomic E-state index is -4.67. The maximum absolute atomic E-state index is 13.8. The summed E-state index contributed by atoms with van der Waals surface area (Å²) in [6.45, 7) is 10.3. The Balaban J connectivity index is 0.000000859. The van der Waals surface area contributed by atoms with Crippen molar-refractivity contribution in [3.63, 3.8) is 0 Å². The highest BCUT2D eigenvalue weighted by atomic mass is 32.3. The van der Waals surface area contributed by atoms with E-state index in [0.717, 1.165) is 28.8 Å². The van der Waals surface area contributed by atoms with E-state index in [2.05, 4.69) is 25.4 Å². The Morgan fingerprint density at radius 2 is 1.62 bits per heavy atom. The first-order chi connectivity index (χ1) is 25.0. The highest BCUT2D eigenvalue weighted by molar-refractivity contribution is 7.79. The number of carbonyl (C=O) groups is 2. The van der Waals surface area contributed by atoms with Crippen molar-refractivity contribution < 1.29 is 42.4 Å². The Hall–Kier alpha value is -3.80. The van der Waals surface area contributed by atoms with Gasteiger partial charge in [0.05, 0.1) is 18.2 Å². The largest absolute Gasteiger partial charge is 0.855 e. The molecule has 2 heterocycles. The molecule has 53 heavy (non-hydrogen) atoms. The van der Waals surface area contributed by atoms with E-state index >= 15 is 0 Å². The van der Waals surface area contributed by atoms with Crippen molar-refractivity contribution in [3.05, 3.63) is 101 Å². The summed E-state index contributed by atoms with van der Waals surface area (Å²) < 4.78 is 31.6. The number of β-amino-alcohol motifs (C(OH)–C–C–N with tert-alkyl or cyclic N) is 1. The average Bonchev–Trinajstić information content (AvgIpc) is 3.39. The summed E-state index contributed by atoms with van der Waals surface area (Å²) in [5.41, 5.74) is 3.68. The predicted molar refractivity (Wildman–Crippen MR) is 199 cm³/mol. The van der Waals surface area contributed by atoms with Crippen LogP contribution in [-0.4, -0.2) is 111 Å². The zero-order chi connectivity index (χ0) is 39.2. The molecule has 1 fully saturated rings. The molecule has 0 bridgehead atoms. The Labute approximate surface area is 312 Å².